The molecule has 1 atom stereocenters. The smallest absolute Gasteiger partial charge is 0.243 e. The van der Waals surface area contributed by atoms with Gasteiger partial charge in [0.25, 0.3) is 0 Å². The molecule has 14 heavy (non-hydrogen) atoms. The Morgan fingerprint density at radius 2 is 1.86 bits per heavy atom. The number of hydrogen-bond donors (Lipinski definition) is 1. The number of carbonyl (C=O) groups is 1. The molecule has 3 heteroatoms. The molecule has 2 nitrogen and oxygen atoms in total. The second-order valence-electron chi connectivity index (χ2n) is 3.60. The molecule has 0 saturated heterocycles. The van der Waals surface area contributed by atoms with Crippen LogP contribution in [-0.2, 0) is 9.67 Å². The minimum absolute atomic E-state index is 0.0379. The lowest BCUT2D eigenvalue weighted by Gasteiger charge is -2.28. The van der Waals surface area contributed by atoms with Crippen molar-refractivity contribution in [1.29, 1.82) is 0 Å². The van der Waals surface area contributed by atoms with E-state index in [1.807, 2.05) is 44.2 Å². The fourth-order valence-electron chi connectivity index (χ4n) is 1.44. The third-order valence-corrected chi connectivity index (χ3v) is 3.19. The molecule has 0 heterocycles. The third kappa shape index (κ3) is 1.75. The average molecular weight is 212 g/mol. The van der Waals surface area contributed by atoms with Crippen LogP contribution in [0.3, 0.4) is 0 Å². The number of amides is 1. The molecular weight excluding hydrogens is 198 g/mol. The second kappa shape index (κ2) is 4.01. The van der Waals surface area contributed by atoms with Crippen molar-refractivity contribution in [3.05, 3.63) is 35.9 Å². The van der Waals surface area contributed by atoms with Crippen LogP contribution < -0.4 is 5.73 Å². The van der Waals surface area contributed by atoms with Crippen molar-refractivity contribution in [1.82, 2.24) is 0 Å². The lowest BCUT2D eigenvalue weighted by molar-refractivity contribution is -0.121. The highest BCUT2D eigenvalue weighted by Crippen LogP contribution is 2.36. The topological polar surface area (TPSA) is 43.1 Å². The molecule has 0 aliphatic heterocycles. The number of rotatable bonds is 3. The van der Waals surface area contributed by atoms with E-state index in [1.54, 1.807) is 0 Å². The van der Waals surface area contributed by atoms with E-state index in [1.165, 1.54) is 0 Å². The fourth-order valence-corrected chi connectivity index (χ4v) is 1.57. The highest BCUT2D eigenvalue weighted by atomic mass is 35.5. The largest absolute Gasteiger partial charge is 0.368 e. The maximum absolute atomic E-state index is 11.4. The summed E-state index contributed by atoms with van der Waals surface area (Å²) < 4.78 is 0. The molecule has 76 valence electrons. The first-order chi connectivity index (χ1) is 6.49. The number of carbonyl (C=O) groups excluding carboxylic acids is 1. The van der Waals surface area contributed by atoms with Crippen molar-refractivity contribution in [2.75, 3.05) is 0 Å². The first kappa shape index (κ1) is 11.1. The zero-order valence-electron chi connectivity index (χ0n) is 8.33. The fraction of sp³-hybridized carbons (Fsp3) is 0.364. The monoisotopic (exact) mass is 211 g/mol. The van der Waals surface area contributed by atoms with Crippen molar-refractivity contribution < 1.29 is 4.79 Å². The zero-order chi connectivity index (χ0) is 10.8. The van der Waals surface area contributed by atoms with Gasteiger partial charge >= 0.3 is 0 Å². The van der Waals surface area contributed by atoms with Gasteiger partial charge in [0.2, 0.25) is 5.91 Å². The predicted molar refractivity (Wildman–Crippen MR) is 58.0 cm³/mol. The Morgan fingerprint density at radius 3 is 2.21 bits per heavy atom. The van der Waals surface area contributed by atoms with Gasteiger partial charge in [-0.25, -0.2) is 0 Å². The van der Waals surface area contributed by atoms with Crippen molar-refractivity contribution >= 4 is 17.5 Å². The van der Waals surface area contributed by atoms with E-state index < -0.39 is 10.8 Å². The van der Waals surface area contributed by atoms with Crippen LogP contribution in [0.15, 0.2) is 30.3 Å². The van der Waals surface area contributed by atoms with Crippen LogP contribution in [-0.4, -0.2) is 5.91 Å². The van der Waals surface area contributed by atoms with Crippen LogP contribution >= 0.6 is 11.6 Å². The predicted octanol–water partition coefficient (Wildman–Crippen LogP) is 2.26. The van der Waals surface area contributed by atoms with Crippen LogP contribution in [0.1, 0.15) is 19.4 Å². The quantitative estimate of drug-likeness (QED) is 0.766. The summed E-state index contributed by atoms with van der Waals surface area (Å²) >= 11 is 6.26. The molecule has 0 aliphatic carbocycles. The number of benzene rings is 1. The Hall–Kier alpha value is -1.02. The highest BCUT2D eigenvalue weighted by Gasteiger charge is 2.39. The standard InChI is InChI=1S/C11H14ClNO/c1-8(2)11(12,10(13)14)9-6-4-3-5-7-9/h3-8H,1-2H3,(H2,13,14). The summed E-state index contributed by atoms with van der Waals surface area (Å²) in [6.45, 7) is 3.76. The van der Waals surface area contributed by atoms with Gasteiger partial charge in [-0.3, -0.25) is 4.79 Å². The van der Waals surface area contributed by atoms with Gasteiger partial charge in [-0.05, 0) is 11.5 Å². The first-order valence-electron chi connectivity index (χ1n) is 4.54. The van der Waals surface area contributed by atoms with E-state index in [2.05, 4.69) is 0 Å². The maximum atomic E-state index is 11.4. The average Bonchev–Trinajstić information content (AvgIpc) is 2.17. The van der Waals surface area contributed by atoms with E-state index in [0.29, 0.717) is 0 Å². The van der Waals surface area contributed by atoms with Gasteiger partial charge in [-0.2, -0.15) is 0 Å². The van der Waals surface area contributed by atoms with E-state index in [-0.39, 0.29) is 5.92 Å². The van der Waals surface area contributed by atoms with Gasteiger partial charge in [0.15, 0.2) is 0 Å². The summed E-state index contributed by atoms with van der Waals surface area (Å²) in [5.41, 5.74) is 6.09. The molecule has 0 aliphatic rings. The van der Waals surface area contributed by atoms with Crippen LogP contribution in [0.5, 0.6) is 0 Å². The summed E-state index contributed by atoms with van der Waals surface area (Å²) in [6, 6.07) is 9.20. The minimum Gasteiger partial charge on any atom is -0.368 e. The third-order valence-electron chi connectivity index (χ3n) is 2.35. The van der Waals surface area contributed by atoms with E-state index in [4.69, 9.17) is 17.3 Å². The number of halogens is 1. The highest BCUT2D eigenvalue weighted by molar-refractivity contribution is 6.34. The second-order valence-corrected chi connectivity index (χ2v) is 4.19. The van der Waals surface area contributed by atoms with Crippen molar-refractivity contribution in [3.8, 4) is 0 Å². The molecule has 0 spiro atoms. The normalized spacial score (nSPS) is 15.1. The van der Waals surface area contributed by atoms with Gasteiger partial charge in [-0.15, -0.1) is 11.6 Å². The molecule has 1 rings (SSSR count). The van der Waals surface area contributed by atoms with Gasteiger partial charge < -0.3 is 5.73 Å². The Balaban J connectivity index is 3.20. The molecule has 1 aromatic carbocycles. The SMILES string of the molecule is CC(C)C(Cl)(C(N)=O)c1ccccc1. The molecular formula is C11H14ClNO. The summed E-state index contributed by atoms with van der Waals surface area (Å²) in [4.78, 5) is 10.3. The van der Waals surface area contributed by atoms with E-state index >= 15 is 0 Å². The molecule has 1 aromatic rings. The van der Waals surface area contributed by atoms with Crippen molar-refractivity contribution in [3.63, 3.8) is 0 Å². The van der Waals surface area contributed by atoms with Crippen LogP contribution in [0.4, 0.5) is 0 Å². The Morgan fingerprint density at radius 1 is 1.36 bits per heavy atom. The van der Waals surface area contributed by atoms with Crippen molar-refractivity contribution in [2.45, 2.75) is 18.7 Å². The van der Waals surface area contributed by atoms with Gasteiger partial charge in [0, 0.05) is 0 Å². The first-order valence-corrected chi connectivity index (χ1v) is 4.91. The number of hydrogen-bond acceptors (Lipinski definition) is 1. The lowest BCUT2D eigenvalue weighted by Crippen LogP contribution is -2.40. The van der Waals surface area contributed by atoms with Gasteiger partial charge in [0.05, 0.1) is 0 Å². The maximum Gasteiger partial charge on any atom is 0.243 e. The van der Waals surface area contributed by atoms with Gasteiger partial charge in [-0.1, -0.05) is 44.2 Å². The number of alkyl halides is 1. The number of primary amides is 1. The molecule has 0 bridgehead atoms. The van der Waals surface area contributed by atoms with Crippen molar-refractivity contribution in [2.24, 2.45) is 11.7 Å². The molecule has 0 fully saturated rings. The summed E-state index contributed by atoms with van der Waals surface area (Å²) in [5, 5.41) is 0. The summed E-state index contributed by atoms with van der Waals surface area (Å²) in [7, 11) is 0. The Labute approximate surface area is 89.1 Å². The zero-order valence-corrected chi connectivity index (χ0v) is 9.08. The Kier molecular flexibility index (Phi) is 3.17. The number of nitrogens with two attached hydrogens (primary N) is 1. The van der Waals surface area contributed by atoms with Crippen LogP contribution in [0.25, 0.3) is 0 Å². The molecule has 2 N–H and O–H groups in total. The van der Waals surface area contributed by atoms with Gasteiger partial charge in [0.1, 0.15) is 4.87 Å². The van der Waals surface area contributed by atoms with Crippen LogP contribution in [0, 0.1) is 5.92 Å². The Bertz CT molecular complexity index is 323. The molecule has 0 saturated carbocycles. The van der Waals surface area contributed by atoms with Crippen LogP contribution in [0.2, 0.25) is 0 Å². The molecule has 1 amide bonds. The molecule has 1 unspecified atom stereocenters. The van der Waals surface area contributed by atoms with E-state index in [9.17, 15) is 4.79 Å². The summed E-state index contributed by atoms with van der Waals surface area (Å²) in [6.07, 6.45) is 0. The lowest BCUT2D eigenvalue weighted by atomic mass is 9.87. The minimum atomic E-state index is -1.10. The molecule has 0 radical (unpaired) electrons. The van der Waals surface area contributed by atoms with E-state index in [0.717, 1.165) is 5.56 Å². The molecule has 0 aromatic heterocycles. The summed E-state index contributed by atoms with van der Waals surface area (Å²) in [5.74, 6) is -0.538.